The molecular formula is C9H14N4O9. The molecule has 1 unspecified atom stereocenters. The van der Waals surface area contributed by atoms with Crippen molar-refractivity contribution >= 4 is 5.78 Å². The van der Waals surface area contributed by atoms with E-state index in [1.807, 2.05) is 0 Å². The zero-order valence-electron chi connectivity index (χ0n) is 12.0. The average Bonchev–Trinajstić information content (AvgIpc) is 2.32. The molecule has 0 amide bonds. The van der Waals surface area contributed by atoms with Crippen LogP contribution in [0.25, 0.3) is 0 Å². The molecule has 22 heavy (non-hydrogen) atoms. The lowest BCUT2D eigenvalue weighted by Gasteiger charge is -2.24. The highest BCUT2D eigenvalue weighted by molar-refractivity contribution is 5.75. The van der Waals surface area contributed by atoms with Crippen LogP contribution in [0.4, 0.5) is 0 Å². The molecule has 1 atom stereocenters. The molecule has 0 saturated carbocycles. The number of hydrogen-bond donors (Lipinski definition) is 0. The number of Topliss-reactive ketones (excluding diaryl/α,β-unsaturated/α-hetero) is 1. The SMILES string of the molecule is CC(=O)CC(C)C(CC(C)([N+](=O)[O-])[N+](=O)[O-])([N+](=O)[O-])[N+](=O)[O-]. The van der Waals surface area contributed by atoms with Crippen LogP contribution in [0, 0.1) is 46.4 Å². The lowest BCUT2D eigenvalue weighted by Crippen LogP contribution is -2.60. The third-order valence-corrected chi connectivity index (χ3v) is 3.40. The lowest BCUT2D eigenvalue weighted by atomic mass is 9.84. The Morgan fingerprint density at radius 2 is 1.32 bits per heavy atom. The van der Waals surface area contributed by atoms with Gasteiger partial charge in [0.2, 0.25) is 6.42 Å². The molecule has 0 aromatic rings. The smallest absolute Gasteiger partial charge is 0.300 e. The third kappa shape index (κ3) is 3.29. The fraction of sp³-hybridized carbons (Fsp3) is 0.889. The number of hydrogen-bond acceptors (Lipinski definition) is 9. The fourth-order valence-electron chi connectivity index (χ4n) is 2.01. The number of rotatable bonds is 9. The van der Waals surface area contributed by atoms with Gasteiger partial charge in [-0.05, 0) is 13.8 Å². The number of ketones is 1. The first-order valence-electron chi connectivity index (χ1n) is 5.89. The van der Waals surface area contributed by atoms with Crippen LogP contribution in [0.3, 0.4) is 0 Å². The highest BCUT2D eigenvalue weighted by Crippen LogP contribution is 2.35. The summed E-state index contributed by atoms with van der Waals surface area (Å²) in [6.07, 6.45) is -2.21. The molecule has 13 heteroatoms. The van der Waals surface area contributed by atoms with Gasteiger partial charge in [0.1, 0.15) is 11.7 Å². The molecule has 0 spiro atoms. The molecule has 124 valence electrons. The summed E-state index contributed by atoms with van der Waals surface area (Å²) < 4.78 is 0. The number of nitro groups is 4. The van der Waals surface area contributed by atoms with Gasteiger partial charge in [-0.3, -0.25) is 40.5 Å². The molecule has 0 saturated heterocycles. The Balaban J connectivity index is 6.15. The van der Waals surface area contributed by atoms with Gasteiger partial charge in [0.25, 0.3) is 0 Å². The second-order valence-electron chi connectivity index (χ2n) is 5.11. The predicted octanol–water partition coefficient (Wildman–Crippen LogP) is 0.511. The van der Waals surface area contributed by atoms with E-state index in [1.54, 1.807) is 0 Å². The van der Waals surface area contributed by atoms with Crippen molar-refractivity contribution in [1.82, 2.24) is 0 Å². The summed E-state index contributed by atoms with van der Waals surface area (Å²) >= 11 is 0. The van der Waals surface area contributed by atoms with Crippen LogP contribution in [-0.4, -0.2) is 36.8 Å². The first kappa shape index (κ1) is 19.3. The van der Waals surface area contributed by atoms with Gasteiger partial charge in [-0.25, -0.2) is 0 Å². The van der Waals surface area contributed by atoms with Crippen molar-refractivity contribution in [2.24, 2.45) is 5.92 Å². The molecule has 0 aromatic heterocycles. The minimum atomic E-state index is -3.22. The molecule has 0 aromatic carbocycles. The third-order valence-electron chi connectivity index (χ3n) is 3.40. The first-order valence-corrected chi connectivity index (χ1v) is 5.89. The summed E-state index contributed by atoms with van der Waals surface area (Å²) in [5.41, 5.74) is -6.36. The van der Waals surface area contributed by atoms with Gasteiger partial charge in [-0.15, -0.1) is 0 Å². The van der Waals surface area contributed by atoms with Crippen LogP contribution in [0.5, 0.6) is 0 Å². The Kier molecular flexibility index (Phi) is 5.57. The second kappa shape index (κ2) is 6.36. The van der Waals surface area contributed by atoms with Crippen molar-refractivity contribution in [3.63, 3.8) is 0 Å². The van der Waals surface area contributed by atoms with Gasteiger partial charge in [0.15, 0.2) is 0 Å². The van der Waals surface area contributed by atoms with Crippen molar-refractivity contribution in [2.75, 3.05) is 0 Å². The largest absolute Gasteiger partial charge is 0.475 e. The first-order chi connectivity index (χ1) is 9.82. The zero-order valence-corrected chi connectivity index (χ0v) is 12.0. The van der Waals surface area contributed by atoms with Gasteiger partial charge in [0.05, 0.1) is 26.6 Å². The Bertz CT molecular complexity index is 503. The summed E-state index contributed by atoms with van der Waals surface area (Å²) in [7, 11) is 0. The van der Waals surface area contributed by atoms with Crippen molar-refractivity contribution < 1.29 is 24.5 Å². The van der Waals surface area contributed by atoms with Gasteiger partial charge >= 0.3 is 11.3 Å². The normalized spacial score (nSPS) is 13.2. The highest BCUT2D eigenvalue weighted by atomic mass is 16.7. The number of nitrogens with zero attached hydrogens (tertiary/aromatic N) is 4. The average molecular weight is 322 g/mol. The van der Waals surface area contributed by atoms with Crippen LogP contribution in [0.2, 0.25) is 0 Å². The quantitative estimate of drug-likeness (QED) is 0.330. The van der Waals surface area contributed by atoms with Crippen LogP contribution in [0.15, 0.2) is 0 Å². The summed E-state index contributed by atoms with van der Waals surface area (Å²) in [4.78, 5) is 49.6. The second-order valence-corrected chi connectivity index (χ2v) is 5.11. The van der Waals surface area contributed by atoms with Gasteiger partial charge in [-0.1, -0.05) is 0 Å². The molecule has 0 fully saturated rings. The topological polar surface area (TPSA) is 190 Å². The molecule has 0 heterocycles. The molecule has 0 aliphatic rings. The lowest BCUT2D eigenvalue weighted by molar-refractivity contribution is -0.849. The number of carbonyl (C=O) groups excluding carboxylic acids is 1. The number of carbonyl (C=O) groups is 1. The van der Waals surface area contributed by atoms with Crippen LogP contribution in [-0.2, 0) is 4.79 Å². The van der Waals surface area contributed by atoms with E-state index in [-0.39, 0.29) is 0 Å². The van der Waals surface area contributed by atoms with E-state index in [9.17, 15) is 45.3 Å². The molecule has 0 aliphatic heterocycles. The maximum absolute atomic E-state index is 11.2. The van der Waals surface area contributed by atoms with E-state index in [1.165, 1.54) is 0 Å². The molecule has 13 nitrogen and oxygen atoms in total. The summed E-state index contributed by atoms with van der Waals surface area (Å²) in [6.45, 7) is 2.46. The van der Waals surface area contributed by atoms with E-state index in [2.05, 4.69) is 0 Å². The Labute approximate surface area is 122 Å². The summed E-state index contributed by atoms with van der Waals surface area (Å²) in [5, 5.41) is 44.2. The molecule has 0 aliphatic carbocycles. The monoisotopic (exact) mass is 322 g/mol. The van der Waals surface area contributed by atoms with Crippen molar-refractivity contribution in [3.8, 4) is 0 Å². The Hall–Kier alpha value is -2.73. The molecule has 0 bridgehead atoms. The van der Waals surface area contributed by atoms with E-state index in [4.69, 9.17) is 0 Å². The van der Waals surface area contributed by atoms with E-state index in [0.29, 0.717) is 6.92 Å². The highest BCUT2D eigenvalue weighted by Gasteiger charge is 2.72. The minimum absolute atomic E-state index is 0.454. The summed E-state index contributed by atoms with van der Waals surface area (Å²) in [6, 6.07) is 0. The molecule has 0 N–H and O–H groups in total. The van der Waals surface area contributed by atoms with E-state index in [0.717, 1.165) is 13.8 Å². The van der Waals surface area contributed by atoms with Crippen molar-refractivity contribution in [3.05, 3.63) is 40.5 Å². The standard InChI is InChI=1S/C9H14N4O9/c1-6(4-7(2)14)9(12(19)20,13(21)22)5-8(3,10(15)16)11(17)18/h6H,4-5H2,1-3H3. The fourth-order valence-corrected chi connectivity index (χ4v) is 2.01. The van der Waals surface area contributed by atoms with Gasteiger partial charge in [-0.2, -0.15) is 0 Å². The van der Waals surface area contributed by atoms with Gasteiger partial charge in [0, 0.05) is 6.42 Å². The minimum Gasteiger partial charge on any atom is -0.300 e. The molecular weight excluding hydrogens is 308 g/mol. The van der Waals surface area contributed by atoms with Crippen LogP contribution < -0.4 is 0 Å². The summed E-state index contributed by atoms with van der Waals surface area (Å²) in [5.74, 6) is -2.20. The maximum Gasteiger partial charge on any atom is 0.475 e. The Morgan fingerprint density at radius 3 is 1.55 bits per heavy atom. The van der Waals surface area contributed by atoms with E-state index < -0.39 is 55.6 Å². The van der Waals surface area contributed by atoms with Crippen LogP contribution >= 0.6 is 0 Å². The van der Waals surface area contributed by atoms with Gasteiger partial charge < -0.3 is 4.79 Å². The Morgan fingerprint density at radius 1 is 0.955 bits per heavy atom. The molecule has 0 rings (SSSR count). The molecule has 0 radical (unpaired) electrons. The zero-order chi connectivity index (χ0) is 17.9. The van der Waals surface area contributed by atoms with E-state index >= 15 is 0 Å². The predicted molar refractivity (Wildman–Crippen MR) is 68.2 cm³/mol. The van der Waals surface area contributed by atoms with Crippen molar-refractivity contribution in [2.45, 2.75) is 44.9 Å². The van der Waals surface area contributed by atoms with Crippen LogP contribution in [0.1, 0.15) is 33.6 Å². The van der Waals surface area contributed by atoms with Crippen molar-refractivity contribution in [1.29, 1.82) is 0 Å². The maximum atomic E-state index is 11.2.